The molecule has 0 aliphatic carbocycles. The summed E-state index contributed by atoms with van der Waals surface area (Å²) in [7, 11) is 0. The van der Waals surface area contributed by atoms with Crippen LogP contribution in [0, 0.1) is 9.77 Å². The number of hydrogen-bond donors (Lipinski definition) is 2. The van der Waals surface area contributed by atoms with Crippen molar-refractivity contribution in [1.29, 1.82) is 0 Å². The summed E-state index contributed by atoms with van der Waals surface area (Å²) in [6.45, 7) is 4.06. The van der Waals surface area contributed by atoms with Crippen molar-refractivity contribution < 1.29 is 19.0 Å². The van der Waals surface area contributed by atoms with Crippen LogP contribution in [0.3, 0.4) is 0 Å². The number of rotatable bonds is 11. The Bertz CT molecular complexity index is 1500. The molecule has 1 atom stereocenters. The Morgan fingerprint density at radius 2 is 2.16 bits per heavy atom. The van der Waals surface area contributed by atoms with Crippen molar-refractivity contribution in [3.8, 4) is 5.75 Å². The van der Waals surface area contributed by atoms with Crippen LogP contribution in [0.1, 0.15) is 25.5 Å². The molecule has 0 bridgehead atoms. The van der Waals surface area contributed by atoms with Gasteiger partial charge in [0.1, 0.15) is 29.8 Å². The summed E-state index contributed by atoms with van der Waals surface area (Å²) in [4.78, 5) is 22.0. The first-order valence-electron chi connectivity index (χ1n) is 11.3. The highest BCUT2D eigenvalue weighted by molar-refractivity contribution is 8.01. The number of ether oxygens (including phenoxy) is 1. The van der Waals surface area contributed by atoms with Crippen LogP contribution in [0.4, 0.5) is 15.9 Å². The van der Waals surface area contributed by atoms with Gasteiger partial charge in [-0.15, -0.1) is 0 Å². The summed E-state index contributed by atoms with van der Waals surface area (Å²) in [5.74, 6) is 0.908. The van der Waals surface area contributed by atoms with Gasteiger partial charge in [0.05, 0.1) is 23.8 Å². The molecular weight excluding hydrogens is 557 g/mol. The zero-order chi connectivity index (χ0) is 26.5. The number of hydrogen-bond acceptors (Lipinski definition) is 10. The molecule has 0 saturated carbocycles. The second kappa shape index (κ2) is 12.3. The third-order valence-electron chi connectivity index (χ3n) is 5.37. The number of carbonyl (C=O) groups excluding carboxylic acids is 1. The molecule has 4 aromatic rings. The van der Waals surface area contributed by atoms with Crippen LogP contribution >= 0.6 is 46.9 Å². The van der Waals surface area contributed by atoms with E-state index in [2.05, 4.69) is 20.4 Å². The van der Waals surface area contributed by atoms with Crippen LogP contribution in [0.5, 0.6) is 5.75 Å². The van der Waals surface area contributed by atoms with Crippen molar-refractivity contribution in [3.63, 3.8) is 0 Å². The first kappa shape index (κ1) is 27.4. The summed E-state index contributed by atoms with van der Waals surface area (Å²) < 4.78 is 22.2. The van der Waals surface area contributed by atoms with Crippen molar-refractivity contribution in [3.05, 3.63) is 57.0 Å². The summed E-state index contributed by atoms with van der Waals surface area (Å²) >= 11 is 14.0. The number of Topliss-reactive ketones (excluding diaryl/α,β-unsaturated/α-hetero) is 1. The van der Waals surface area contributed by atoms with E-state index >= 15 is 0 Å². The lowest BCUT2D eigenvalue weighted by atomic mass is 10.0. The number of thioether (sulfide) groups is 1. The predicted molar refractivity (Wildman–Crippen MR) is 148 cm³/mol. The van der Waals surface area contributed by atoms with Crippen LogP contribution < -0.4 is 10.1 Å². The lowest BCUT2D eigenvalue weighted by molar-refractivity contribution is -0.121. The molecule has 1 unspecified atom stereocenters. The number of anilines is 2. The van der Waals surface area contributed by atoms with Crippen LogP contribution in [0.2, 0.25) is 5.02 Å². The largest absolute Gasteiger partial charge is 0.494 e. The number of aliphatic hydroxyl groups excluding tert-OH is 1. The van der Waals surface area contributed by atoms with Gasteiger partial charge in [0.2, 0.25) is 0 Å². The number of nitrogens with zero attached hydrogens (tertiary/aromatic N) is 4. The number of halogens is 2. The van der Waals surface area contributed by atoms with Gasteiger partial charge in [-0.3, -0.25) is 4.79 Å². The molecular formula is C24H23ClFN5O3S3. The Balaban J connectivity index is 1.65. The predicted octanol–water partition coefficient (Wildman–Crippen LogP) is 6.01. The molecule has 0 aliphatic heterocycles. The SMILES string of the molecule is CCOc1cc2ncnc(Nc3ccc(F)c(Cl)c3)c2cc1CC(=O)C(C)n1nc(SCCO)sc1=S. The zero-order valence-corrected chi connectivity index (χ0v) is 23.1. The van der Waals surface area contributed by atoms with E-state index in [9.17, 15) is 9.18 Å². The van der Waals surface area contributed by atoms with Gasteiger partial charge in [-0.05, 0) is 50.3 Å². The molecule has 194 valence electrons. The molecule has 37 heavy (non-hydrogen) atoms. The van der Waals surface area contributed by atoms with E-state index in [1.807, 2.05) is 13.0 Å². The molecule has 13 heteroatoms. The van der Waals surface area contributed by atoms with Crippen LogP contribution in [-0.4, -0.2) is 49.6 Å². The Morgan fingerprint density at radius 3 is 2.89 bits per heavy atom. The van der Waals surface area contributed by atoms with E-state index in [1.54, 1.807) is 19.1 Å². The first-order chi connectivity index (χ1) is 17.8. The minimum absolute atomic E-state index is 0.0131. The summed E-state index contributed by atoms with van der Waals surface area (Å²) in [5, 5.41) is 17.3. The Labute approximate surface area is 230 Å². The van der Waals surface area contributed by atoms with E-state index in [1.165, 1.54) is 46.2 Å². The van der Waals surface area contributed by atoms with Gasteiger partial charge in [0.15, 0.2) is 14.1 Å². The van der Waals surface area contributed by atoms with Gasteiger partial charge < -0.3 is 15.2 Å². The molecule has 2 heterocycles. The molecule has 2 N–H and O–H groups in total. The van der Waals surface area contributed by atoms with Crippen LogP contribution in [0.25, 0.3) is 10.9 Å². The Morgan fingerprint density at radius 1 is 1.35 bits per heavy atom. The van der Waals surface area contributed by atoms with Crippen LogP contribution in [0.15, 0.2) is 41.0 Å². The average molecular weight is 580 g/mol. The van der Waals surface area contributed by atoms with E-state index in [4.69, 9.17) is 33.7 Å². The minimum atomic E-state index is -0.594. The normalized spacial score (nSPS) is 12.0. The van der Waals surface area contributed by atoms with Crippen molar-refractivity contribution in [2.45, 2.75) is 30.6 Å². The minimum Gasteiger partial charge on any atom is -0.494 e. The van der Waals surface area contributed by atoms with E-state index in [0.29, 0.717) is 54.4 Å². The molecule has 0 spiro atoms. The molecule has 0 aliphatic rings. The highest BCUT2D eigenvalue weighted by Gasteiger charge is 2.22. The molecule has 4 rings (SSSR count). The quantitative estimate of drug-likeness (QED) is 0.163. The van der Waals surface area contributed by atoms with Gasteiger partial charge in [-0.2, -0.15) is 5.10 Å². The third-order valence-corrected chi connectivity index (χ3v) is 8.03. The third kappa shape index (κ3) is 6.44. The summed E-state index contributed by atoms with van der Waals surface area (Å²) in [6, 6.07) is 7.29. The highest BCUT2D eigenvalue weighted by Crippen LogP contribution is 2.32. The molecule has 0 saturated heterocycles. The van der Waals surface area contributed by atoms with Gasteiger partial charge in [0, 0.05) is 34.9 Å². The second-order valence-electron chi connectivity index (χ2n) is 7.86. The number of benzene rings is 2. The monoisotopic (exact) mass is 579 g/mol. The van der Waals surface area contributed by atoms with Crippen molar-refractivity contribution in [2.75, 3.05) is 24.3 Å². The first-order valence-corrected chi connectivity index (χ1v) is 13.9. The number of ketones is 1. The van der Waals surface area contributed by atoms with E-state index < -0.39 is 11.9 Å². The Hall–Kier alpha value is -2.64. The fourth-order valence-corrected chi connectivity index (χ4v) is 6.02. The number of nitrogens with one attached hydrogen (secondary N) is 1. The maximum atomic E-state index is 13.6. The molecule has 0 radical (unpaired) electrons. The number of aliphatic hydroxyl groups is 1. The van der Waals surface area contributed by atoms with Crippen molar-refractivity contribution >= 4 is 75.1 Å². The number of aromatic nitrogens is 4. The summed E-state index contributed by atoms with van der Waals surface area (Å²) in [6.07, 6.45) is 1.48. The topological polar surface area (TPSA) is 102 Å². The standard InChI is InChI=1S/C24H23ClFN5O3S3/c1-3-34-21-11-19-16(22(28-12-27-19)29-15-4-5-18(26)17(25)10-15)8-14(21)9-20(33)13(2)31-24(35)37-23(30-31)36-7-6-32/h4-5,8,10-13,32H,3,6-7,9H2,1-2H3,(H,27,28,29). The fourth-order valence-electron chi connectivity index (χ4n) is 3.55. The molecule has 8 nitrogen and oxygen atoms in total. The number of fused-ring (bicyclic) bond motifs is 1. The second-order valence-corrected chi connectivity index (χ2v) is 11.2. The van der Waals surface area contributed by atoms with Crippen molar-refractivity contribution in [1.82, 2.24) is 19.7 Å². The van der Waals surface area contributed by atoms with E-state index in [-0.39, 0.29) is 23.8 Å². The maximum absolute atomic E-state index is 13.6. The smallest absolute Gasteiger partial charge is 0.180 e. The maximum Gasteiger partial charge on any atom is 0.180 e. The average Bonchev–Trinajstić information content (AvgIpc) is 3.25. The van der Waals surface area contributed by atoms with Gasteiger partial charge in [0.25, 0.3) is 0 Å². The van der Waals surface area contributed by atoms with Crippen molar-refractivity contribution in [2.24, 2.45) is 0 Å². The zero-order valence-electron chi connectivity index (χ0n) is 19.9. The summed E-state index contributed by atoms with van der Waals surface area (Å²) in [5.41, 5.74) is 1.84. The van der Waals surface area contributed by atoms with Gasteiger partial charge in [-0.25, -0.2) is 19.0 Å². The molecule has 2 aromatic heterocycles. The lowest BCUT2D eigenvalue weighted by Gasteiger charge is -2.16. The van der Waals surface area contributed by atoms with Gasteiger partial charge in [-0.1, -0.05) is 34.7 Å². The van der Waals surface area contributed by atoms with Crippen LogP contribution in [-0.2, 0) is 11.2 Å². The van der Waals surface area contributed by atoms with E-state index in [0.717, 1.165) is 0 Å². The molecule has 0 amide bonds. The lowest BCUT2D eigenvalue weighted by Crippen LogP contribution is -2.20. The van der Waals surface area contributed by atoms with Gasteiger partial charge >= 0.3 is 0 Å². The fraction of sp³-hybridized carbons (Fsp3) is 0.292. The number of carbonyl (C=O) groups is 1. The Kier molecular flexibility index (Phi) is 9.08. The molecule has 0 fully saturated rings. The highest BCUT2D eigenvalue weighted by atomic mass is 35.5. The molecule has 2 aromatic carbocycles.